The van der Waals surface area contributed by atoms with Gasteiger partial charge in [0.2, 0.25) is 5.91 Å². The lowest BCUT2D eigenvalue weighted by Crippen LogP contribution is -2.30. The lowest BCUT2D eigenvalue weighted by Gasteiger charge is -2.09. The predicted octanol–water partition coefficient (Wildman–Crippen LogP) is 1.79. The van der Waals surface area contributed by atoms with Crippen LogP contribution in [0.2, 0.25) is 0 Å². The lowest BCUT2D eigenvalue weighted by atomic mass is 10.2. The number of allylic oxidation sites excluding steroid dienone is 1. The third-order valence-corrected chi connectivity index (χ3v) is 1.85. The molecular formula is C8H11ClN2O. The Bertz CT molecular complexity index is 245. The summed E-state index contributed by atoms with van der Waals surface area (Å²) in [6.07, 6.45) is 3.55. The van der Waals surface area contributed by atoms with Crippen LogP contribution in [-0.4, -0.2) is 11.7 Å². The van der Waals surface area contributed by atoms with Gasteiger partial charge in [-0.05, 0) is 6.42 Å². The molecule has 0 fully saturated rings. The molecule has 1 aliphatic heterocycles. The SMILES string of the molecule is CCC(=O)NC1=NC=C(Cl)CC1. The molecule has 1 aliphatic rings. The Morgan fingerprint density at radius 2 is 2.50 bits per heavy atom. The molecule has 66 valence electrons. The molecule has 0 saturated heterocycles. The summed E-state index contributed by atoms with van der Waals surface area (Å²) >= 11 is 5.69. The minimum absolute atomic E-state index is 0.000160. The van der Waals surface area contributed by atoms with Gasteiger partial charge in [-0.3, -0.25) is 4.79 Å². The number of nitrogens with zero attached hydrogens (tertiary/aromatic N) is 1. The highest BCUT2D eigenvalue weighted by Crippen LogP contribution is 2.14. The number of nitrogens with one attached hydrogen (secondary N) is 1. The van der Waals surface area contributed by atoms with Gasteiger partial charge >= 0.3 is 0 Å². The third kappa shape index (κ3) is 2.66. The molecule has 3 nitrogen and oxygen atoms in total. The van der Waals surface area contributed by atoms with Crippen molar-refractivity contribution in [1.82, 2.24) is 5.32 Å². The number of hydrogen-bond donors (Lipinski definition) is 1. The van der Waals surface area contributed by atoms with Crippen LogP contribution in [-0.2, 0) is 4.79 Å². The van der Waals surface area contributed by atoms with Crippen LogP contribution in [0, 0.1) is 0 Å². The number of amides is 1. The fourth-order valence-corrected chi connectivity index (χ4v) is 1.00. The molecule has 0 unspecified atom stereocenters. The van der Waals surface area contributed by atoms with Crippen molar-refractivity contribution in [2.45, 2.75) is 26.2 Å². The van der Waals surface area contributed by atoms with Gasteiger partial charge in [0.15, 0.2) is 0 Å². The standard InChI is InChI=1S/C8H11ClN2O/c1-2-8(12)11-7-4-3-6(9)5-10-7/h5H,2-4H2,1H3,(H,10,11,12). The van der Waals surface area contributed by atoms with Gasteiger partial charge in [0.05, 0.1) is 0 Å². The van der Waals surface area contributed by atoms with Gasteiger partial charge in [-0.15, -0.1) is 0 Å². The zero-order valence-corrected chi connectivity index (χ0v) is 7.69. The van der Waals surface area contributed by atoms with E-state index in [9.17, 15) is 4.79 Å². The lowest BCUT2D eigenvalue weighted by molar-refractivity contribution is -0.119. The summed E-state index contributed by atoms with van der Waals surface area (Å²) in [5, 5.41) is 3.44. The molecule has 0 radical (unpaired) electrons. The summed E-state index contributed by atoms with van der Waals surface area (Å²) in [5.74, 6) is 0.714. The van der Waals surface area contributed by atoms with Crippen LogP contribution < -0.4 is 5.32 Å². The Morgan fingerprint density at radius 3 is 3.00 bits per heavy atom. The van der Waals surface area contributed by atoms with E-state index in [-0.39, 0.29) is 5.91 Å². The third-order valence-electron chi connectivity index (χ3n) is 1.57. The van der Waals surface area contributed by atoms with Crippen molar-refractivity contribution in [3.05, 3.63) is 11.2 Å². The summed E-state index contributed by atoms with van der Waals surface area (Å²) in [7, 11) is 0. The number of amidine groups is 1. The first kappa shape index (κ1) is 9.26. The van der Waals surface area contributed by atoms with Gasteiger partial charge in [-0.2, -0.15) is 0 Å². The smallest absolute Gasteiger partial charge is 0.224 e. The van der Waals surface area contributed by atoms with Gasteiger partial charge in [0.1, 0.15) is 5.84 Å². The van der Waals surface area contributed by atoms with E-state index in [0.717, 1.165) is 17.9 Å². The molecule has 0 spiro atoms. The summed E-state index contributed by atoms with van der Waals surface area (Å²) in [6, 6.07) is 0. The van der Waals surface area contributed by atoms with Crippen LogP contribution in [0.25, 0.3) is 0 Å². The van der Waals surface area contributed by atoms with Gasteiger partial charge in [-0.25, -0.2) is 4.99 Å². The van der Waals surface area contributed by atoms with Crippen LogP contribution in [0.3, 0.4) is 0 Å². The second-order valence-electron chi connectivity index (χ2n) is 2.55. The Hall–Kier alpha value is -0.830. The second-order valence-corrected chi connectivity index (χ2v) is 3.04. The van der Waals surface area contributed by atoms with E-state index in [4.69, 9.17) is 11.6 Å². The Morgan fingerprint density at radius 1 is 1.75 bits per heavy atom. The first-order valence-corrected chi connectivity index (χ1v) is 4.31. The second kappa shape index (κ2) is 4.26. The van der Waals surface area contributed by atoms with Gasteiger partial charge < -0.3 is 5.32 Å². The number of hydrogen-bond acceptors (Lipinski definition) is 2. The molecule has 1 amide bonds. The minimum atomic E-state index is 0.000160. The maximum Gasteiger partial charge on any atom is 0.224 e. The number of carbonyl (C=O) groups excluding carboxylic acids is 1. The van der Waals surface area contributed by atoms with Crippen LogP contribution in [0.4, 0.5) is 0 Å². The van der Waals surface area contributed by atoms with Crippen LogP contribution in [0.5, 0.6) is 0 Å². The average molecular weight is 187 g/mol. The molecule has 1 heterocycles. The van der Waals surface area contributed by atoms with Crippen molar-refractivity contribution in [3.63, 3.8) is 0 Å². The fourth-order valence-electron chi connectivity index (χ4n) is 0.859. The highest BCUT2D eigenvalue weighted by atomic mass is 35.5. The van der Waals surface area contributed by atoms with Crippen molar-refractivity contribution in [3.8, 4) is 0 Å². The van der Waals surface area contributed by atoms with Crippen molar-refractivity contribution >= 4 is 23.3 Å². The summed E-state index contributed by atoms with van der Waals surface area (Å²) < 4.78 is 0. The molecule has 0 bridgehead atoms. The zero-order valence-electron chi connectivity index (χ0n) is 6.93. The van der Waals surface area contributed by atoms with Crippen molar-refractivity contribution in [2.24, 2.45) is 4.99 Å². The first-order chi connectivity index (χ1) is 5.72. The quantitative estimate of drug-likeness (QED) is 0.667. The predicted molar refractivity (Wildman–Crippen MR) is 49.0 cm³/mol. The first-order valence-electron chi connectivity index (χ1n) is 3.93. The van der Waals surface area contributed by atoms with E-state index in [0.29, 0.717) is 12.3 Å². The van der Waals surface area contributed by atoms with Crippen molar-refractivity contribution in [1.29, 1.82) is 0 Å². The van der Waals surface area contributed by atoms with Gasteiger partial charge in [0.25, 0.3) is 0 Å². The number of aliphatic imine (C=N–C) groups is 1. The molecule has 1 N–H and O–H groups in total. The minimum Gasteiger partial charge on any atom is -0.314 e. The van der Waals surface area contributed by atoms with Gasteiger partial charge in [0, 0.05) is 24.1 Å². The van der Waals surface area contributed by atoms with E-state index in [1.54, 1.807) is 6.20 Å². The molecule has 0 saturated carbocycles. The van der Waals surface area contributed by atoms with E-state index in [1.165, 1.54) is 0 Å². The van der Waals surface area contributed by atoms with Crippen LogP contribution in [0.15, 0.2) is 16.2 Å². The fraction of sp³-hybridized carbons (Fsp3) is 0.500. The Labute approximate surface area is 76.5 Å². The monoisotopic (exact) mass is 186 g/mol. The van der Waals surface area contributed by atoms with E-state index in [1.807, 2.05) is 6.92 Å². The maximum absolute atomic E-state index is 10.9. The molecule has 1 rings (SSSR count). The van der Waals surface area contributed by atoms with E-state index >= 15 is 0 Å². The highest BCUT2D eigenvalue weighted by Gasteiger charge is 2.07. The van der Waals surface area contributed by atoms with Crippen LogP contribution >= 0.6 is 11.6 Å². The highest BCUT2D eigenvalue weighted by molar-refractivity contribution is 6.30. The number of carbonyl (C=O) groups is 1. The zero-order chi connectivity index (χ0) is 8.97. The normalized spacial score (nSPS) is 16.5. The Kier molecular flexibility index (Phi) is 3.29. The molecule has 0 aromatic carbocycles. The van der Waals surface area contributed by atoms with Crippen LogP contribution in [0.1, 0.15) is 26.2 Å². The molecular weight excluding hydrogens is 176 g/mol. The maximum atomic E-state index is 10.9. The molecule has 0 atom stereocenters. The van der Waals surface area contributed by atoms with E-state index in [2.05, 4.69) is 10.3 Å². The number of halogens is 1. The summed E-state index contributed by atoms with van der Waals surface area (Å²) in [4.78, 5) is 14.9. The van der Waals surface area contributed by atoms with Crippen molar-refractivity contribution in [2.75, 3.05) is 0 Å². The van der Waals surface area contributed by atoms with Crippen molar-refractivity contribution < 1.29 is 4.79 Å². The average Bonchev–Trinajstić information content (AvgIpc) is 2.09. The Balaban J connectivity index is 2.49. The molecule has 12 heavy (non-hydrogen) atoms. The van der Waals surface area contributed by atoms with E-state index < -0.39 is 0 Å². The number of rotatable bonds is 1. The topological polar surface area (TPSA) is 41.5 Å². The summed E-state index contributed by atoms with van der Waals surface area (Å²) in [5.41, 5.74) is 0. The largest absolute Gasteiger partial charge is 0.314 e. The molecule has 0 aromatic heterocycles. The molecule has 4 heteroatoms. The molecule has 0 aromatic rings. The molecule has 0 aliphatic carbocycles. The van der Waals surface area contributed by atoms with Gasteiger partial charge in [-0.1, -0.05) is 18.5 Å². The summed E-state index contributed by atoms with van der Waals surface area (Å²) in [6.45, 7) is 1.81.